The first kappa shape index (κ1) is 22.2. The molecule has 0 spiro atoms. The maximum atomic E-state index is 12.1. The maximum absolute atomic E-state index is 12.1. The number of hydrogen-bond donors (Lipinski definition) is 2. The van der Waals surface area contributed by atoms with Crippen molar-refractivity contribution >= 4 is 5.97 Å². The van der Waals surface area contributed by atoms with Gasteiger partial charge in [0.1, 0.15) is 5.69 Å². The molecule has 8 nitrogen and oxygen atoms in total. The highest BCUT2D eigenvalue weighted by Crippen LogP contribution is 2.25. The number of aliphatic hydroxyl groups excluding tert-OH is 1. The maximum Gasteiger partial charge on any atom is 0.356 e. The molecule has 1 aromatic rings. The van der Waals surface area contributed by atoms with Crippen LogP contribution in [0.15, 0.2) is 6.20 Å². The van der Waals surface area contributed by atoms with Crippen molar-refractivity contribution in [1.29, 1.82) is 0 Å². The van der Waals surface area contributed by atoms with E-state index in [4.69, 9.17) is 4.74 Å². The molecule has 0 aliphatic carbocycles. The zero-order valence-electron chi connectivity index (χ0n) is 18.1. The van der Waals surface area contributed by atoms with E-state index in [1.165, 1.54) is 12.8 Å². The fourth-order valence-corrected chi connectivity index (χ4v) is 4.75. The molecule has 2 N–H and O–H groups in total. The third-order valence-corrected chi connectivity index (χ3v) is 6.36. The zero-order chi connectivity index (χ0) is 20.8. The van der Waals surface area contributed by atoms with Crippen LogP contribution < -0.4 is 0 Å². The number of likely N-dealkylation sites (tertiary alicyclic amines) is 1. The second-order valence-electron chi connectivity index (χ2n) is 8.49. The molecule has 164 valence electrons. The predicted octanol–water partition coefficient (Wildman–Crippen LogP) is 1.33. The molecule has 1 atom stereocenters. The summed E-state index contributed by atoms with van der Waals surface area (Å²) in [5, 5.41) is 16.5. The summed E-state index contributed by atoms with van der Waals surface area (Å²) in [6.45, 7) is 12.8. The topological polar surface area (TPSA) is 84.9 Å². The monoisotopic (exact) mass is 407 g/mol. The normalized spacial score (nSPS) is 23.0. The molecule has 0 aromatic carbocycles. The lowest BCUT2D eigenvalue weighted by molar-refractivity contribution is -0.000138. The molecule has 2 aliphatic heterocycles. The van der Waals surface area contributed by atoms with Gasteiger partial charge >= 0.3 is 5.97 Å². The molecule has 0 amide bonds. The van der Waals surface area contributed by atoms with Gasteiger partial charge in [-0.05, 0) is 53.1 Å². The standard InChI is InChI=1S/C21H37N5O3/c1-4-29-21(28)20-17(13-22-23-20)14-24-10-11-26(19(15-24)7-12-27)18-5-8-25(9-6-18)16(2)3/h13,16,18-19,27H,4-12,14-15H2,1-3H3,(H,22,23)/t19-/m0/s1. The second kappa shape index (κ2) is 10.5. The van der Waals surface area contributed by atoms with Crippen molar-refractivity contribution in [2.75, 3.05) is 45.9 Å². The molecule has 2 fully saturated rings. The Kier molecular flexibility index (Phi) is 8.06. The lowest BCUT2D eigenvalue weighted by Gasteiger charge is -2.48. The Morgan fingerprint density at radius 1 is 1.31 bits per heavy atom. The van der Waals surface area contributed by atoms with Crippen LogP contribution in [0.25, 0.3) is 0 Å². The summed E-state index contributed by atoms with van der Waals surface area (Å²) in [4.78, 5) is 19.7. The van der Waals surface area contributed by atoms with Crippen LogP contribution in [0.1, 0.15) is 56.1 Å². The van der Waals surface area contributed by atoms with E-state index in [0.717, 1.165) is 44.7 Å². The number of aromatic amines is 1. The molecule has 0 radical (unpaired) electrons. The van der Waals surface area contributed by atoms with Crippen molar-refractivity contribution in [3.05, 3.63) is 17.5 Å². The number of piperidine rings is 1. The van der Waals surface area contributed by atoms with E-state index in [1.807, 2.05) is 0 Å². The van der Waals surface area contributed by atoms with E-state index < -0.39 is 0 Å². The third kappa shape index (κ3) is 5.57. The van der Waals surface area contributed by atoms with Crippen molar-refractivity contribution < 1.29 is 14.6 Å². The quantitative estimate of drug-likeness (QED) is 0.629. The molecule has 8 heteroatoms. The number of ether oxygens (including phenoxy) is 1. The largest absolute Gasteiger partial charge is 0.461 e. The van der Waals surface area contributed by atoms with Crippen molar-refractivity contribution in [2.24, 2.45) is 0 Å². The summed E-state index contributed by atoms with van der Waals surface area (Å²) in [5.74, 6) is -0.345. The van der Waals surface area contributed by atoms with Gasteiger partial charge in [-0.2, -0.15) is 5.10 Å². The molecule has 1 aromatic heterocycles. The fraction of sp³-hybridized carbons (Fsp3) is 0.810. The molecular formula is C21H37N5O3. The highest BCUT2D eigenvalue weighted by atomic mass is 16.5. The Bertz CT molecular complexity index is 642. The SMILES string of the molecule is CCOC(=O)c1[nH]ncc1CN1CCN(C2CCN(C(C)C)CC2)[C@@H](CCO)C1. The van der Waals surface area contributed by atoms with Crippen LogP contribution in [0.2, 0.25) is 0 Å². The van der Waals surface area contributed by atoms with Crippen molar-refractivity contribution in [1.82, 2.24) is 24.9 Å². The van der Waals surface area contributed by atoms with E-state index >= 15 is 0 Å². The molecule has 0 unspecified atom stereocenters. The van der Waals surface area contributed by atoms with Crippen LogP contribution in [0.5, 0.6) is 0 Å². The molecule has 29 heavy (non-hydrogen) atoms. The van der Waals surface area contributed by atoms with Gasteiger partial charge in [-0.25, -0.2) is 4.79 Å². The molecule has 2 aliphatic rings. The van der Waals surface area contributed by atoms with Crippen LogP contribution in [0.4, 0.5) is 0 Å². The number of piperazine rings is 1. The molecule has 0 saturated carbocycles. The van der Waals surface area contributed by atoms with Crippen molar-refractivity contribution in [3.8, 4) is 0 Å². The first-order valence-electron chi connectivity index (χ1n) is 11.1. The summed E-state index contributed by atoms with van der Waals surface area (Å²) < 4.78 is 5.12. The van der Waals surface area contributed by atoms with Gasteiger partial charge in [0.25, 0.3) is 0 Å². The number of aliphatic hydroxyl groups is 1. The van der Waals surface area contributed by atoms with Crippen molar-refractivity contribution in [2.45, 2.75) is 64.7 Å². The third-order valence-electron chi connectivity index (χ3n) is 6.36. The van der Waals surface area contributed by atoms with Gasteiger partial charge in [0.2, 0.25) is 0 Å². The van der Waals surface area contributed by atoms with Gasteiger partial charge in [-0.1, -0.05) is 0 Å². The Labute approximate surface area is 174 Å². The zero-order valence-corrected chi connectivity index (χ0v) is 18.1. The van der Waals surface area contributed by atoms with Crippen LogP contribution in [0.3, 0.4) is 0 Å². The number of rotatable bonds is 8. The molecule has 2 saturated heterocycles. The Hall–Kier alpha value is -1.48. The minimum absolute atomic E-state index is 0.208. The van der Waals surface area contributed by atoms with Gasteiger partial charge in [0.05, 0.1) is 12.8 Å². The molecule has 3 heterocycles. The first-order chi connectivity index (χ1) is 14.0. The Morgan fingerprint density at radius 3 is 2.72 bits per heavy atom. The predicted molar refractivity (Wildman–Crippen MR) is 112 cm³/mol. The molecule has 3 rings (SSSR count). The first-order valence-corrected chi connectivity index (χ1v) is 11.1. The summed E-state index contributed by atoms with van der Waals surface area (Å²) in [6.07, 6.45) is 4.92. The number of carbonyl (C=O) groups is 1. The van der Waals surface area contributed by atoms with Gasteiger partial charge in [-0.3, -0.25) is 14.9 Å². The average molecular weight is 408 g/mol. The molecule has 0 bridgehead atoms. The minimum atomic E-state index is -0.345. The number of H-pyrrole nitrogens is 1. The Balaban J connectivity index is 1.59. The van der Waals surface area contributed by atoms with Gasteiger partial charge in [0.15, 0.2) is 0 Å². The summed E-state index contributed by atoms with van der Waals surface area (Å²) in [7, 11) is 0. The average Bonchev–Trinajstić information content (AvgIpc) is 3.17. The van der Waals surface area contributed by atoms with Crippen LogP contribution in [-0.4, -0.2) is 100 Å². The number of esters is 1. The van der Waals surface area contributed by atoms with E-state index in [1.54, 1.807) is 13.1 Å². The Morgan fingerprint density at radius 2 is 2.07 bits per heavy atom. The molecular weight excluding hydrogens is 370 g/mol. The highest BCUT2D eigenvalue weighted by Gasteiger charge is 2.34. The van der Waals surface area contributed by atoms with Gasteiger partial charge < -0.3 is 14.7 Å². The van der Waals surface area contributed by atoms with Gasteiger partial charge in [-0.15, -0.1) is 0 Å². The lowest BCUT2D eigenvalue weighted by Crippen LogP contribution is -2.58. The lowest BCUT2D eigenvalue weighted by atomic mass is 9.97. The van der Waals surface area contributed by atoms with E-state index in [2.05, 4.69) is 38.7 Å². The van der Waals surface area contributed by atoms with E-state index in [0.29, 0.717) is 37.0 Å². The van der Waals surface area contributed by atoms with Crippen LogP contribution >= 0.6 is 0 Å². The summed E-state index contributed by atoms with van der Waals surface area (Å²) in [6, 6.07) is 1.57. The number of hydrogen-bond acceptors (Lipinski definition) is 7. The minimum Gasteiger partial charge on any atom is -0.461 e. The number of nitrogens with zero attached hydrogens (tertiary/aromatic N) is 4. The van der Waals surface area contributed by atoms with Crippen LogP contribution in [0, 0.1) is 0 Å². The van der Waals surface area contributed by atoms with Gasteiger partial charge in [0, 0.05) is 56.5 Å². The number of nitrogens with one attached hydrogen (secondary N) is 1. The van der Waals surface area contributed by atoms with Crippen LogP contribution in [-0.2, 0) is 11.3 Å². The second-order valence-corrected chi connectivity index (χ2v) is 8.49. The van der Waals surface area contributed by atoms with E-state index in [9.17, 15) is 9.90 Å². The van der Waals surface area contributed by atoms with Crippen molar-refractivity contribution in [3.63, 3.8) is 0 Å². The van der Waals surface area contributed by atoms with E-state index in [-0.39, 0.29) is 12.6 Å². The smallest absolute Gasteiger partial charge is 0.356 e. The highest BCUT2D eigenvalue weighted by molar-refractivity contribution is 5.88. The summed E-state index contributed by atoms with van der Waals surface area (Å²) >= 11 is 0. The number of aromatic nitrogens is 2. The summed E-state index contributed by atoms with van der Waals surface area (Å²) in [5.41, 5.74) is 1.33. The number of carbonyl (C=O) groups excluding carboxylic acids is 1. The fourth-order valence-electron chi connectivity index (χ4n) is 4.75.